The number of carbonyl (C=O) groups excluding carboxylic acids is 1. The van der Waals surface area contributed by atoms with Gasteiger partial charge in [0, 0.05) is 38.8 Å². The average molecular weight is 340 g/mol. The lowest BCUT2D eigenvalue weighted by molar-refractivity contribution is 0.0763. The molecule has 0 radical (unpaired) electrons. The third kappa shape index (κ3) is 3.58. The number of aryl methyl sites for hydroxylation is 1. The molecule has 0 saturated carbocycles. The Morgan fingerprint density at radius 1 is 1.17 bits per heavy atom. The predicted molar refractivity (Wildman–Crippen MR) is 86.9 cm³/mol. The molecule has 0 aliphatic carbocycles. The van der Waals surface area contributed by atoms with Crippen molar-refractivity contribution in [1.29, 1.82) is 0 Å². The van der Waals surface area contributed by atoms with Crippen LogP contribution in [-0.4, -0.2) is 71.1 Å². The van der Waals surface area contributed by atoms with Crippen LogP contribution in [0.25, 0.3) is 0 Å². The molecule has 0 N–H and O–H groups in total. The van der Waals surface area contributed by atoms with Crippen LogP contribution in [0.1, 0.15) is 36.5 Å². The zero-order valence-electron chi connectivity index (χ0n) is 13.7. The number of aromatic nitrogens is 2. The van der Waals surface area contributed by atoms with Crippen LogP contribution in [-0.2, 0) is 22.9 Å². The lowest BCUT2D eigenvalue weighted by atomic mass is 10.2. The summed E-state index contributed by atoms with van der Waals surface area (Å²) in [4.78, 5) is 16.5. The Kier molecular flexibility index (Phi) is 4.46. The number of hydrogen-bond donors (Lipinski definition) is 0. The van der Waals surface area contributed by atoms with E-state index in [0.717, 1.165) is 31.7 Å². The van der Waals surface area contributed by atoms with Crippen molar-refractivity contribution in [3.8, 4) is 0 Å². The van der Waals surface area contributed by atoms with Gasteiger partial charge in [-0.15, -0.1) is 0 Å². The summed E-state index contributed by atoms with van der Waals surface area (Å²) in [5.41, 5.74) is 1.49. The van der Waals surface area contributed by atoms with Crippen molar-refractivity contribution >= 4 is 15.7 Å². The monoisotopic (exact) mass is 340 g/mol. The summed E-state index contributed by atoms with van der Waals surface area (Å²) in [6.07, 6.45) is 1.02. The molecule has 1 fully saturated rings. The lowest BCUT2D eigenvalue weighted by Crippen LogP contribution is -2.43. The van der Waals surface area contributed by atoms with Gasteiger partial charge in [0.25, 0.3) is 5.91 Å². The molecule has 1 saturated heterocycles. The van der Waals surface area contributed by atoms with Crippen LogP contribution in [0.2, 0.25) is 0 Å². The minimum atomic E-state index is -2.98. The van der Waals surface area contributed by atoms with Crippen molar-refractivity contribution in [2.45, 2.75) is 39.4 Å². The highest BCUT2D eigenvalue weighted by atomic mass is 32.2. The first-order valence-corrected chi connectivity index (χ1v) is 9.98. The molecule has 3 rings (SSSR count). The van der Waals surface area contributed by atoms with Gasteiger partial charge < -0.3 is 4.90 Å². The second kappa shape index (κ2) is 6.24. The number of nitrogens with zero attached hydrogens (tertiary/aromatic N) is 4. The minimum absolute atomic E-state index is 0.0490. The second-order valence-electron chi connectivity index (χ2n) is 6.61. The van der Waals surface area contributed by atoms with Crippen LogP contribution < -0.4 is 0 Å². The molecule has 3 heterocycles. The van der Waals surface area contributed by atoms with Gasteiger partial charge in [-0.3, -0.25) is 14.4 Å². The normalized spacial score (nSPS) is 22.0. The average Bonchev–Trinajstić information content (AvgIpc) is 2.78. The molecule has 0 atom stereocenters. The molecule has 2 aliphatic rings. The van der Waals surface area contributed by atoms with E-state index in [9.17, 15) is 13.2 Å². The maximum absolute atomic E-state index is 12.6. The van der Waals surface area contributed by atoms with Crippen molar-refractivity contribution in [2.24, 2.45) is 0 Å². The highest BCUT2D eigenvalue weighted by Gasteiger charge is 2.28. The van der Waals surface area contributed by atoms with Crippen molar-refractivity contribution in [3.63, 3.8) is 0 Å². The minimum Gasteiger partial charge on any atom is -0.335 e. The number of rotatable bonds is 2. The summed E-state index contributed by atoms with van der Waals surface area (Å²) in [6, 6.07) is 2.33. The molecule has 0 bridgehead atoms. The van der Waals surface area contributed by atoms with Gasteiger partial charge in [-0.1, -0.05) is 0 Å². The Morgan fingerprint density at radius 2 is 1.87 bits per heavy atom. The molecule has 1 aromatic heterocycles. The molecule has 0 unspecified atom stereocenters. The number of sulfone groups is 1. The first-order valence-electron chi connectivity index (χ1n) is 8.16. The molecule has 1 aromatic rings. The summed E-state index contributed by atoms with van der Waals surface area (Å²) in [6.45, 7) is 7.53. The van der Waals surface area contributed by atoms with E-state index in [1.807, 2.05) is 10.7 Å². The van der Waals surface area contributed by atoms with E-state index in [4.69, 9.17) is 0 Å². The summed E-state index contributed by atoms with van der Waals surface area (Å²) < 4.78 is 24.9. The van der Waals surface area contributed by atoms with Crippen LogP contribution in [0.3, 0.4) is 0 Å². The Morgan fingerprint density at radius 3 is 2.52 bits per heavy atom. The zero-order chi connectivity index (χ0) is 16.6. The predicted octanol–water partition coefficient (Wildman–Crippen LogP) is 0.368. The molecule has 2 aliphatic heterocycles. The third-order valence-electron chi connectivity index (χ3n) is 4.62. The van der Waals surface area contributed by atoms with Crippen LogP contribution in [0.4, 0.5) is 0 Å². The zero-order valence-corrected chi connectivity index (χ0v) is 14.5. The van der Waals surface area contributed by atoms with Gasteiger partial charge in [-0.05, 0) is 26.3 Å². The van der Waals surface area contributed by atoms with E-state index in [2.05, 4.69) is 23.8 Å². The molecule has 1 amide bonds. The Labute approximate surface area is 137 Å². The fraction of sp³-hybridized carbons (Fsp3) is 0.733. The highest BCUT2D eigenvalue weighted by Crippen LogP contribution is 2.17. The van der Waals surface area contributed by atoms with E-state index in [0.29, 0.717) is 11.7 Å². The van der Waals surface area contributed by atoms with Gasteiger partial charge in [0.2, 0.25) is 0 Å². The Hall–Kier alpha value is -1.41. The van der Waals surface area contributed by atoms with Gasteiger partial charge in [0.15, 0.2) is 15.5 Å². The molecule has 8 heteroatoms. The number of amides is 1. The van der Waals surface area contributed by atoms with Crippen molar-refractivity contribution in [1.82, 2.24) is 19.6 Å². The number of fused-ring (bicyclic) bond motifs is 1. The molecular weight excluding hydrogens is 316 g/mol. The SMILES string of the molecule is CC(C)N1CCCn2nc(C(=O)N3CCS(=O)(=O)CC3)cc2C1. The van der Waals surface area contributed by atoms with Crippen molar-refractivity contribution < 1.29 is 13.2 Å². The fourth-order valence-electron chi connectivity index (χ4n) is 3.11. The molecule has 0 spiro atoms. The number of carbonyl (C=O) groups is 1. The largest absolute Gasteiger partial charge is 0.335 e. The summed E-state index contributed by atoms with van der Waals surface area (Å²) >= 11 is 0. The van der Waals surface area contributed by atoms with Gasteiger partial charge in [0.1, 0.15) is 0 Å². The third-order valence-corrected chi connectivity index (χ3v) is 6.23. The molecule has 128 valence electrons. The number of hydrogen-bond acceptors (Lipinski definition) is 5. The van der Waals surface area contributed by atoms with Crippen LogP contribution in [0.5, 0.6) is 0 Å². The molecular formula is C15H24N4O3S. The fourth-order valence-corrected chi connectivity index (χ4v) is 4.31. The van der Waals surface area contributed by atoms with Crippen LogP contribution >= 0.6 is 0 Å². The summed E-state index contributed by atoms with van der Waals surface area (Å²) in [5, 5.41) is 4.47. The van der Waals surface area contributed by atoms with E-state index in [-0.39, 0.29) is 30.5 Å². The maximum Gasteiger partial charge on any atom is 0.274 e. The van der Waals surface area contributed by atoms with Crippen molar-refractivity contribution in [2.75, 3.05) is 31.1 Å². The molecule has 0 aromatic carbocycles. The second-order valence-corrected chi connectivity index (χ2v) is 8.91. The smallest absolute Gasteiger partial charge is 0.274 e. The highest BCUT2D eigenvalue weighted by molar-refractivity contribution is 7.91. The van der Waals surface area contributed by atoms with Gasteiger partial charge in [-0.25, -0.2) is 8.42 Å². The quantitative estimate of drug-likeness (QED) is 0.777. The van der Waals surface area contributed by atoms with Crippen molar-refractivity contribution in [3.05, 3.63) is 17.5 Å². The summed E-state index contributed by atoms with van der Waals surface area (Å²) in [7, 11) is -2.98. The van der Waals surface area contributed by atoms with Crippen LogP contribution in [0.15, 0.2) is 6.07 Å². The maximum atomic E-state index is 12.6. The first-order chi connectivity index (χ1) is 10.9. The van der Waals surface area contributed by atoms with E-state index in [1.54, 1.807) is 4.90 Å². The Balaban J connectivity index is 1.75. The van der Waals surface area contributed by atoms with Gasteiger partial charge in [-0.2, -0.15) is 5.10 Å². The van der Waals surface area contributed by atoms with E-state index >= 15 is 0 Å². The summed E-state index contributed by atoms with van der Waals surface area (Å²) in [5.74, 6) is -0.0579. The lowest BCUT2D eigenvalue weighted by Gasteiger charge is -2.26. The first kappa shape index (κ1) is 16.4. The Bertz CT molecular complexity index is 682. The molecule has 7 nitrogen and oxygen atoms in total. The standard InChI is InChI=1S/C15H24N4O3S/c1-12(2)18-4-3-5-19-13(11-18)10-14(16-19)15(20)17-6-8-23(21,22)9-7-17/h10,12H,3-9,11H2,1-2H3. The van der Waals surface area contributed by atoms with Crippen LogP contribution in [0, 0.1) is 0 Å². The van der Waals surface area contributed by atoms with E-state index in [1.165, 1.54) is 0 Å². The van der Waals surface area contributed by atoms with E-state index < -0.39 is 9.84 Å². The van der Waals surface area contributed by atoms with Gasteiger partial charge >= 0.3 is 0 Å². The molecule has 23 heavy (non-hydrogen) atoms. The topological polar surface area (TPSA) is 75.5 Å². The van der Waals surface area contributed by atoms with Gasteiger partial charge in [0.05, 0.1) is 17.2 Å².